The third kappa shape index (κ3) is 11.2. The second kappa shape index (κ2) is 10.3. The van der Waals surface area contributed by atoms with Crippen LogP contribution in [0.15, 0.2) is 0 Å². The zero-order chi connectivity index (χ0) is 8.15. The molecule has 0 aliphatic heterocycles. The summed E-state index contributed by atoms with van der Waals surface area (Å²) in [6.07, 6.45) is -0.519. The quantitative estimate of drug-likeness (QED) is 0.341. The molecule has 4 nitrogen and oxygen atoms in total. The molecule has 0 fully saturated rings. The van der Waals surface area contributed by atoms with Crippen molar-refractivity contribution in [3.05, 3.63) is 0 Å². The second-order valence-electron chi connectivity index (χ2n) is 1.70. The minimum atomic E-state index is -1.46. The van der Waals surface area contributed by atoms with Crippen molar-refractivity contribution in [1.29, 1.82) is 0 Å². The van der Waals surface area contributed by atoms with E-state index in [0.29, 0.717) is 0 Å². The number of carboxylic acids is 2. The average molecular weight is 211 g/mol. The Morgan fingerprint density at radius 3 is 1.92 bits per heavy atom. The molecule has 1 atom stereocenters. The number of carboxylic acid groups (broad SMARTS) is 2. The van der Waals surface area contributed by atoms with Crippen LogP contribution >= 0.6 is 11.6 Å². The molecule has 0 bridgehead atoms. The van der Waals surface area contributed by atoms with Gasteiger partial charge in [-0.25, -0.2) is 0 Å². The molecule has 58 valence electrons. The van der Waals surface area contributed by atoms with Crippen LogP contribution < -0.4 is 69.3 Å². The van der Waals surface area contributed by atoms with Crippen LogP contribution in [0.2, 0.25) is 0 Å². The van der Waals surface area contributed by atoms with E-state index in [1.807, 2.05) is 0 Å². The maximum Gasteiger partial charge on any atom is 1.00 e. The van der Waals surface area contributed by atoms with E-state index in [-0.39, 0.29) is 72.0 Å². The Bertz CT molecular complexity index is 152. The Morgan fingerprint density at radius 1 is 1.25 bits per heavy atom. The third-order valence-corrected chi connectivity index (χ3v) is 1.25. The zero-order valence-electron chi connectivity index (χ0n) is 7.00. The summed E-state index contributed by atoms with van der Waals surface area (Å²) in [6.45, 7) is 0. The van der Waals surface area contributed by atoms with Gasteiger partial charge in [0.15, 0.2) is 0 Å². The van der Waals surface area contributed by atoms with Crippen molar-refractivity contribution in [3.63, 3.8) is 0 Å². The van der Waals surface area contributed by atoms with Gasteiger partial charge in [-0.1, -0.05) is 0 Å². The molecule has 0 rings (SSSR count). The predicted octanol–water partition coefficient (Wildman–Crippen LogP) is -8.12. The summed E-state index contributed by atoms with van der Waals surface area (Å²) >= 11 is 5.11. The van der Waals surface area contributed by atoms with Gasteiger partial charge in [0, 0.05) is 5.97 Å². The zero-order valence-corrected chi connectivity index (χ0v) is 11.8. The number of hydrogen-bond donors (Lipinski definition) is 0. The molecule has 0 aromatic carbocycles. The molecule has 0 heterocycles. The van der Waals surface area contributed by atoms with E-state index in [9.17, 15) is 19.8 Å². The van der Waals surface area contributed by atoms with Crippen molar-refractivity contribution in [1.82, 2.24) is 0 Å². The third-order valence-electron chi connectivity index (χ3n) is 0.858. The van der Waals surface area contributed by atoms with Gasteiger partial charge in [0.25, 0.3) is 0 Å². The van der Waals surface area contributed by atoms with E-state index in [1.165, 1.54) is 0 Å². The first kappa shape index (κ1) is 18.9. The molecule has 0 N–H and O–H groups in total. The number of aliphatic carboxylic acids is 2. The van der Waals surface area contributed by atoms with E-state index in [1.54, 1.807) is 0 Å². The van der Waals surface area contributed by atoms with Crippen LogP contribution in [0.1, 0.15) is 12.8 Å². The molecule has 0 aromatic heterocycles. The van der Waals surface area contributed by atoms with Crippen molar-refractivity contribution >= 4 is 23.5 Å². The summed E-state index contributed by atoms with van der Waals surface area (Å²) in [5, 5.41) is 18.4. The fraction of sp³-hybridized carbons (Fsp3) is 0.600. The maximum absolute atomic E-state index is 9.86. The topological polar surface area (TPSA) is 80.3 Å². The number of rotatable bonds is 4. The Kier molecular flexibility index (Phi) is 16.2. The largest absolute Gasteiger partial charge is 1.00 e. The normalized spacial score (nSPS) is 10.4. The molecule has 7 heteroatoms. The second-order valence-corrected chi connectivity index (χ2v) is 2.22. The maximum atomic E-state index is 9.86. The number of carbonyl (C=O) groups is 2. The number of hydrogen-bond acceptors (Lipinski definition) is 4. The predicted molar refractivity (Wildman–Crippen MR) is 28.9 cm³/mol. The summed E-state index contributed by atoms with van der Waals surface area (Å²) < 4.78 is 0. The van der Waals surface area contributed by atoms with Crippen molar-refractivity contribution in [2.75, 3.05) is 0 Å². The van der Waals surface area contributed by atoms with E-state index < -0.39 is 17.3 Å². The van der Waals surface area contributed by atoms with Crippen LogP contribution in [0.5, 0.6) is 0 Å². The van der Waals surface area contributed by atoms with Gasteiger partial charge in [0.2, 0.25) is 0 Å². The Hall–Kier alpha value is 1.23. The van der Waals surface area contributed by atoms with E-state index in [2.05, 4.69) is 0 Å². The molecular formula is C5H5ClNa2O4. The molecule has 0 saturated carbocycles. The molecule has 0 aliphatic carbocycles. The van der Waals surface area contributed by atoms with E-state index in [4.69, 9.17) is 11.6 Å². The molecule has 1 unspecified atom stereocenters. The Morgan fingerprint density at radius 2 is 1.67 bits per heavy atom. The van der Waals surface area contributed by atoms with Gasteiger partial charge in [0.05, 0.1) is 11.3 Å². The molecule has 0 amide bonds. The molecule has 0 aliphatic rings. The summed E-state index contributed by atoms with van der Waals surface area (Å²) in [4.78, 5) is 19.6. The van der Waals surface area contributed by atoms with Crippen LogP contribution in [-0.4, -0.2) is 17.3 Å². The Balaban J connectivity index is -0.000000405. The number of alkyl halides is 1. The van der Waals surface area contributed by atoms with Crippen LogP contribution in [0, 0.1) is 0 Å². The average Bonchev–Trinajstić information content (AvgIpc) is 1.82. The molecule has 0 saturated heterocycles. The van der Waals surface area contributed by atoms with E-state index >= 15 is 0 Å². The monoisotopic (exact) mass is 210 g/mol. The molecule has 12 heavy (non-hydrogen) atoms. The summed E-state index contributed by atoms with van der Waals surface area (Å²) in [5.41, 5.74) is 0. The van der Waals surface area contributed by atoms with Gasteiger partial charge >= 0.3 is 59.1 Å². The van der Waals surface area contributed by atoms with Gasteiger partial charge in [-0.15, -0.1) is 11.6 Å². The number of halogens is 1. The van der Waals surface area contributed by atoms with Crippen molar-refractivity contribution in [2.24, 2.45) is 0 Å². The van der Waals surface area contributed by atoms with Gasteiger partial charge in [-0.05, 0) is 12.8 Å². The van der Waals surface area contributed by atoms with Crippen molar-refractivity contribution in [2.45, 2.75) is 18.2 Å². The van der Waals surface area contributed by atoms with Crippen LogP contribution in [0.4, 0.5) is 0 Å². The summed E-state index contributed by atoms with van der Waals surface area (Å²) in [7, 11) is 0. The van der Waals surface area contributed by atoms with Crippen molar-refractivity contribution < 1.29 is 78.9 Å². The van der Waals surface area contributed by atoms with Gasteiger partial charge in [-0.2, -0.15) is 0 Å². The van der Waals surface area contributed by atoms with Crippen LogP contribution in [0.25, 0.3) is 0 Å². The SMILES string of the molecule is O=C([O-])CCC(Cl)C(=O)[O-].[Na+].[Na+]. The summed E-state index contributed by atoms with van der Waals surface area (Å²) in [5.74, 6) is -2.77. The molecular weight excluding hydrogens is 205 g/mol. The minimum Gasteiger partial charge on any atom is -0.550 e. The minimum absolute atomic E-state index is 0. The molecule has 0 radical (unpaired) electrons. The van der Waals surface area contributed by atoms with Gasteiger partial charge < -0.3 is 19.8 Å². The first-order valence-electron chi connectivity index (χ1n) is 2.59. The fourth-order valence-electron chi connectivity index (χ4n) is 0.362. The number of carbonyl (C=O) groups excluding carboxylic acids is 2. The van der Waals surface area contributed by atoms with E-state index in [0.717, 1.165) is 0 Å². The summed E-state index contributed by atoms with van der Waals surface area (Å²) in [6, 6.07) is 0. The smallest absolute Gasteiger partial charge is 0.550 e. The first-order valence-corrected chi connectivity index (χ1v) is 3.02. The standard InChI is InChI=1S/C5H7ClO4.2Na/c6-3(5(9)10)1-2-4(7)8;;/h3H,1-2H2,(H,7,8)(H,9,10);;/q;2*+1/p-2. The molecule has 0 spiro atoms. The Labute approximate surface area is 119 Å². The van der Waals surface area contributed by atoms with Crippen molar-refractivity contribution in [3.8, 4) is 0 Å². The fourth-order valence-corrected chi connectivity index (χ4v) is 0.472. The van der Waals surface area contributed by atoms with Crippen LogP contribution in [0.3, 0.4) is 0 Å². The molecule has 0 aromatic rings. The van der Waals surface area contributed by atoms with Gasteiger partial charge in [-0.3, -0.25) is 0 Å². The van der Waals surface area contributed by atoms with Crippen LogP contribution in [-0.2, 0) is 9.59 Å². The van der Waals surface area contributed by atoms with Gasteiger partial charge in [0.1, 0.15) is 0 Å². The first-order chi connectivity index (χ1) is 4.54.